The van der Waals surface area contributed by atoms with Crippen molar-refractivity contribution in [1.82, 2.24) is 0 Å². The van der Waals surface area contributed by atoms with Crippen LogP contribution < -0.4 is 0 Å². The molecule has 0 aromatic rings. The third-order valence-corrected chi connectivity index (χ3v) is 2.31. The van der Waals surface area contributed by atoms with Gasteiger partial charge in [-0.2, -0.15) is 0 Å². The van der Waals surface area contributed by atoms with Gasteiger partial charge in [0.25, 0.3) is 0 Å². The molecule has 0 saturated carbocycles. The Bertz CT molecular complexity index is 162. The molecule has 0 fully saturated rings. The van der Waals surface area contributed by atoms with E-state index in [1.54, 1.807) is 0 Å². The minimum Gasteiger partial charge on any atom is -0.396 e. The van der Waals surface area contributed by atoms with Gasteiger partial charge >= 0.3 is 0 Å². The topological polar surface area (TPSA) is 21.6 Å². The number of hydrogen-bond acceptors (Lipinski definition) is 2. The summed E-state index contributed by atoms with van der Waals surface area (Å²) < 4.78 is 0. The number of hydrogen-bond donors (Lipinski definition) is 0. The third kappa shape index (κ3) is 8.09. The summed E-state index contributed by atoms with van der Waals surface area (Å²) >= 11 is 0. The molecule has 0 rings (SSSR count). The molecule has 0 N–H and O–H groups in total. The van der Waals surface area contributed by atoms with Gasteiger partial charge in [0.15, 0.2) is 0 Å². The van der Waals surface area contributed by atoms with Crippen molar-refractivity contribution in [2.24, 2.45) is 17.0 Å². The molecule has 0 aliphatic heterocycles. The summed E-state index contributed by atoms with van der Waals surface area (Å²) in [6.07, 6.45) is 3.65. The standard InChI is InChI=1S/C12H25NO/c1-10(2)8-6-7-9-14-13-12(5)11(3)4/h10-11H,6-9H2,1-5H3/b13-12+. The maximum absolute atomic E-state index is 5.23. The second-order valence-electron chi connectivity index (χ2n) is 4.61. The Balaban J connectivity index is 3.33. The van der Waals surface area contributed by atoms with Crippen LogP contribution in [0.1, 0.15) is 53.9 Å². The molecule has 0 aromatic heterocycles. The van der Waals surface area contributed by atoms with Crippen LogP contribution >= 0.6 is 0 Å². The van der Waals surface area contributed by atoms with Crippen LogP contribution in [-0.2, 0) is 4.84 Å². The summed E-state index contributed by atoms with van der Waals surface area (Å²) in [6, 6.07) is 0. The molecule has 0 unspecified atom stereocenters. The SMILES string of the molecule is C/C(=N\OCCCCC(C)C)C(C)C. The minimum atomic E-state index is 0.491. The largest absolute Gasteiger partial charge is 0.396 e. The number of nitrogens with zero attached hydrogens (tertiary/aromatic N) is 1. The Morgan fingerprint density at radius 3 is 2.29 bits per heavy atom. The van der Waals surface area contributed by atoms with E-state index in [-0.39, 0.29) is 0 Å². The second kappa shape index (κ2) is 7.84. The average Bonchev–Trinajstić information content (AvgIpc) is 2.09. The molecule has 0 atom stereocenters. The first-order valence-corrected chi connectivity index (χ1v) is 5.70. The third-order valence-electron chi connectivity index (χ3n) is 2.31. The highest BCUT2D eigenvalue weighted by molar-refractivity contribution is 5.83. The quantitative estimate of drug-likeness (QED) is 0.346. The summed E-state index contributed by atoms with van der Waals surface area (Å²) in [5.74, 6) is 1.29. The van der Waals surface area contributed by atoms with Crippen molar-refractivity contribution in [1.29, 1.82) is 0 Å². The van der Waals surface area contributed by atoms with Crippen molar-refractivity contribution in [2.75, 3.05) is 6.61 Å². The highest BCUT2D eigenvalue weighted by Gasteiger charge is 1.98. The summed E-state index contributed by atoms with van der Waals surface area (Å²) in [4.78, 5) is 5.23. The van der Waals surface area contributed by atoms with Crippen LogP contribution in [0.15, 0.2) is 5.16 Å². The van der Waals surface area contributed by atoms with E-state index < -0.39 is 0 Å². The predicted molar refractivity (Wildman–Crippen MR) is 62.6 cm³/mol. The van der Waals surface area contributed by atoms with E-state index in [1.807, 2.05) is 6.92 Å². The van der Waals surface area contributed by atoms with Gasteiger partial charge in [0, 0.05) is 0 Å². The molecule has 2 nitrogen and oxygen atoms in total. The van der Waals surface area contributed by atoms with Gasteiger partial charge in [-0.05, 0) is 31.6 Å². The van der Waals surface area contributed by atoms with Gasteiger partial charge in [-0.15, -0.1) is 0 Å². The molecule has 0 bridgehead atoms. The molecule has 0 spiro atoms. The lowest BCUT2D eigenvalue weighted by atomic mass is 10.1. The Hall–Kier alpha value is -0.530. The van der Waals surface area contributed by atoms with Gasteiger partial charge in [0.1, 0.15) is 6.61 Å². The smallest absolute Gasteiger partial charge is 0.117 e. The van der Waals surface area contributed by atoms with Gasteiger partial charge in [-0.25, -0.2) is 0 Å². The minimum absolute atomic E-state index is 0.491. The number of unbranched alkanes of at least 4 members (excludes halogenated alkanes) is 1. The first-order chi connectivity index (χ1) is 6.54. The molecule has 14 heavy (non-hydrogen) atoms. The zero-order chi connectivity index (χ0) is 11.0. The summed E-state index contributed by atoms with van der Waals surface area (Å²) in [5.41, 5.74) is 1.08. The van der Waals surface area contributed by atoms with E-state index in [4.69, 9.17) is 4.84 Å². The van der Waals surface area contributed by atoms with E-state index in [0.29, 0.717) is 5.92 Å². The molecule has 84 valence electrons. The number of rotatable bonds is 7. The monoisotopic (exact) mass is 199 g/mol. The van der Waals surface area contributed by atoms with Crippen molar-refractivity contribution in [2.45, 2.75) is 53.9 Å². The van der Waals surface area contributed by atoms with E-state index in [0.717, 1.165) is 24.7 Å². The maximum Gasteiger partial charge on any atom is 0.117 e. The highest BCUT2D eigenvalue weighted by Crippen LogP contribution is 2.06. The molecule has 0 aliphatic rings. The van der Waals surface area contributed by atoms with E-state index in [9.17, 15) is 0 Å². The lowest BCUT2D eigenvalue weighted by molar-refractivity contribution is 0.137. The van der Waals surface area contributed by atoms with Gasteiger partial charge < -0.3 is 4.84 Å². The Kier molecular flexibility index (Phi) is 7.54. The zero-order valence-electron chi connectivity index (χ0n) is 10.3. The normalized spacial score (nSPS) is 12.6. The Morgan fingerprint density at radius 1 is 1.14 bits per heavy atom. The lowest BCUT2D eigenvalue weighted by Gasteiger charge is -2.05. The molecule has 0 heterocycles. The fourth-order valence-corrected chi connectivity index (χ4v) is 0.972. The first kappa shape index (κ1) is 13.5. The molecule has 0 saturated heterocycles. The molecular weight excluding hydrogens is 174 g/mol. The van der Waals surface area contributed by atoms with Gasteiger partial charge in [-0.1, -0.05) is 39.3 Å². The average molecular weight is 199 g/mol. The molecule has 0 aliphatic carbocycles. The molecule has 0 aromatic carbocycles. The van der Waals surface area contributed by atoms with Crippen LogP contribution in [0.4, 0.5) is 0 Å². The van der Waals surface area contributed by atoms with Crippen LogP contribution in [0.25, 0.3) is 0 Å². The second-order valence-corrected chi connectivity index (χ2v) is 4.61. The van der Waals surface area contributed by atoms with Crippen molar-refractivity contribution in [3.8, 4) is 0 Å². The summed E-state index contributed by atoms with van der Waals surface area (Å²) in [5, 5.41) is 4.06. The van der Waals surface area contributed by atoms with Gasteiger partial charge in [0.2, 0.25) is 0 Å². The van der Waals surface area contributed by atoms with Crippen molar-refractivity contribution < 1.29 is 4.84 Å². The molecule has 0 radical (unpaired) electrons. The Labute approximate surface area is 88.7 Å². The van der Waals surface area contributed by atoms with Gasteiger partial charge in [0.05, 0.1) is 5.71 Å². The molecule has 2 heteroatoms. The van der Waals surface area contributed by atoms with Crippen LogP contribution in [0.5, 0.6) is 0 Å². The lowest BCUT2D eigenvalue weighted by Crippen LogP contribution is -2.03. The highest BCUT2D eigenvalue weighted by atomic mass is 16.6. The predicted octanol–water partition coefficient (Wildman–Crippen LogP) is 3.86. The van der Waals surface area contributed by atoms with Crippen molar-refractivity contribution >= 4 is 5.71 Å². The molecule has 0 amide bonds. The Morgan fingerprint density at radius 2 is 1.79 bits per heavy atom. The summed E-state index contributed by atoms with van der Waals surface area (Å²) in [6.45, 7) is 11.5. The fourth-order valence-electron chi connectivity index (χ4n) is 0.972. The van der Waals surface area contributed by atoms with Crippen LogP contribution in [0.3, 0.4) is 0 Å². The zero-order valence-corrected chi connectivity index (χ0v) is 10.3. The van der Waals surface area contributed by atoms with E-state index >= 15 is 0 Å². The van der Waals surface area contributed by atoms with Crippen LogP contribution in [0.2, 0.25) is 0 Å². The van der Waals surface area contributed by atoms with E-state index in [1.165, 1.54) is 12.8 Å². The van der Waals surface area contributed by atoms with Crippen LogP contribution in [0, 0.1) is 11.8 Å². The van der Waals surface area contributed by atoms with Crippen LogP contribution in [-0.4, -0.2) is 12.3 Å². The first-order valence-electron chi connectivity index (χ1n) is 5.70. The number of oxime groups is 1. The van der Waals surface area contributed by atoms with E-state index in [2.05, 4.69) is 32.9 Å². The van der Waals surface area contributed by atoms with Crippen molar-refractivity contribution in [3.05, 3.63) is 0 Å². The fraction of sp³-hybridized carbons (Fsp3) is 0.917. The van der Waals surface area contributed by atoms with Crippen molar-refractivity contribution in [3.63, 3.8) is 0 Å². The maximum atomic E-state index is 5.23. The van der Waals surface area contributed by atoms with Gasteiger partial charge in [-0.3, -0.25) is 0 Å². The summed E-state index contributed by atoms with van der Waals surface area (Å²) in [7, 11) is 0. The molecular formula is C12H25NO.